The van der Waals surface area contributed by atoms with Crippen LogP contribution in [0.5, 0.6) is 5.75 Å². The smallest absolute Gasteiger partial charge is 0.157 e. The molecule has 1 aliphatic carbocycles. The molecule has 1 saturated carbocycles. The summed E-state index contributed by atoms with van der Waals surface area (Å²) in [7, 11) is 0. The minimum atomic E-state index is -0.345. The van der Waals surface area contributed by atoms with Gasteiger partial charge in [-0.15, -0.1) is 0 Å². The Morgan fingerprint density at radius 2 is 2.28 bits per heavy atom. The van der Waals surface area contributed by atoms with Crippen LogP contribution in [0, 0.1) is 5.92 Å². The van der Waals surface area contributed by atoms with E-state index < -0.39 is 0 Å². The molecule has 0 bridgehead atoms. The van der Waals surface area contributed by atoms with E-state index in [1.165, 1.54) is 25.7 Å². The lowest BCUT2D eigenvalue weighted by molar-refractivity contribution is 0.0855. The number of aryl methyl sites for hydroxylation is 1. The summed E-state index contributed by atoms with van der Waals surface area (Å²) < 4.78 is 7.45. The van der Waals surface area contributed by atoms with E-state index in [9.17, 15) is 5.11 Å². The molecule has 1 aliphatic rings. The number of aliphatic hydroxyl groups excluding tert-OH is 1. The maximum Gasteiger partial charge on any atom is 0.157 e. The summed E-state index contributed by atoms with van der Waals surface area (Å²) >= 11 is 0. The second-order valence-corrected chi connectivity index (χ2v) is 5.29. The van der Waals surface area contributed by atoms with Gasteiger partial charge in [0.25, 0.3) is 0 Å². The Morgan fingerprint density at radius 1 is 1.50 bits per heavy atom. The number of rotatable bonds is 7. The number of hydrogen-bond acceptors (Lipinski definition) is 3. The fourth-order valence-electron chi connectivity index (χ4n) is 2.66. The lowest BCUT2D eigenvalue weighted by Gasteiger charge is -2.15. The van der Waals surface area contributed by atoms with Crippen molar-refractivity contribution in [2.75, 3.05) is 6.61 Å². The van der Waals surface area contributed by atoms with E-state index >= 15 is 0 Å². The molecule has 1 aromatic heterocycles. The predicted molar refractivity (Wildman–Crippen MR) is 70.6 cm³/mol. The summed E-state index contributed by atoms with van der Waals surface area (Å²) in [5, 5.41) is 14.1. The van der Waals surface area contributed by atoms with Crippen molar-refractivity contribution >= 4 is 0 Å². The summed E-state index contributed by atoms with van der Waals surface area (Å²) in [5.41, 5.74) is 0. The van der Waals surface area contributed by atoms with Crippen LogP contribution in [0.25, 0.3) is 0 Å². The van der Waals surface area contributed by atoms with Crippen LogP contribution >= 0.6 is 0 Å². The van der Waals surface area contributed by atoms with Gasteiger partial charge in [-0.1, -0.05) is 32.6 Å². The third kappa shape index (κ3) is 4.02. The summed E-state index contributed by atoms with van der Waals surface area (Å²) in [6, 6.07) is 0. The van der Waals surface area contributed by atoms with Gasteiger partial charge in [0.15, 0.2) is 5.75 Å². The van der Waals surface area contributed by atoms with Crippen molar-refractivity contribution in [1.29, 1.82) is 0 Å². The highest BCUT2D eigenvalue weighted by molar-refractivity contribution is 5.11. The molecule has 1 fully saturated rings. The van der Waals surface area contributed by atoms with Crippen molar-refractivity contribution < 1.29 is 9.84 Å². The number of aliphatic hydroxyl groups is 1. The predicted octanol–water partition coefficient (Wildman–Crippen LogP) is 2.61. The molecule has 18 heavy (non-hydrogen) atoms. The Kier molecular flexibility index (Phi) is 5.05. The van der Waals surface area contributed by atoms with Crippen molar-refractivity contribution in [3.05, 3.63) is 12.4 Å². The van der Waals surface area contributed by atoms with Crippen molar-refractivity contribution in [3.63, 3.8) is 0 Å². The van der Waals surface area contributed by atoms with Gasteiger partial charge in [0.2, 0.25) is 0 Å². The number of aromatic nitrogens is 2. The topological polar surface area (TPSA) is 47.3 Å². The lowest BCUT2D eigenvalue weighted by Crippen LogP contribution is -2.20. The Morgan fingerprint density at radius 3 is 3.00 bits per heavy atom. The first kappa shape index (κ1) is 13.4. The number of nitrogens with zero attached hydrogens (tertiary/aromatic N) is 2. The molecule has 0 aromatic carbocycles. The van der Waals surface area contributed by atoms with Crippen molar-refractivity contribution in [1.82, 2.24) is 9.78 Å². The van der Waals surface area contributed by atoms with Crippen molar-refractivity contribution in [3.8, 4) is 5.75 Å². The van der Waals surface area contributed by atoms with Crippen LogP contribution in [0.4, 0.5) is 0 Å². The molecule has 2 rings (SSSR count). The molecular weight excluding hydrogens is 228 g/mol. The Hall–Kier alpha value is -1.03. The fraction of sp³-hybridized carbons (Fsp3) is 0.786. The average Bonchev–Trinajstić information content (AvgIpc) is 2.99. The summed E-state index contributed by atoms with van der Waals surface area (Å²) in [6.45, 7) is 3.41. The van der Waals surface area contributed by atoms with Gasteiger partial charge in [-0.2, -0.15) is 5.10 Å². The van der Waals surface area contributed by atoms with E-state index in [1.807, 2.05) is 10.9 Å². The van der Waals surface area contributed by atoms with Crippen LogP contribution in [-0.4, -0.2) is 27.6 Å². The lowest BCUT2D eigenvalue weighted by atomic mass is 10.0. The highest BCUT2D eigenvalue weighted by Crippen LogP contribution is 2.28. The van der Waals surface area contributed by atoms with Gasteiger partial charge >= 0.3 is 0 Å². The van der Waals surface area contributed by atoms with Crippen LogP contribution in [-0.2, 0) is 6.54 Å². The maximum absolute atomic E-state index is 9.93. The first-order valence-corrected chi connectivity index (χ1v) is 7.11. The normalized spacial score (nSPS) is 18.1. The molecule has 1 unspecified atom stereocenters. The molecule has 0 radical (unpaired) electrons. The molecule has 4 heteroatoms. The monoisotopic (exact) mass is 252 g/mol. The third-order valence-electron chi connectivity index (χ3n) is 3.58. The van der Waals surface area contributed by atoms with E-state index in [2.05, 4.69) is 12.0 Å². The zero-order valence-corrected chi connectivity index (χ0v) is 11.2. The Bertz CT molecular complexity index is 345. The molecule has 1 N–H and O–H groups in total. The Labute approximate surface area is 109 Å². The van der Waals surface area contributed by atoms with Gasteiger partial charge in [-0.3, -0.25) is 4.68 Å². The Balaban J connectivity index is 1.69. The zero-order chi connectivity index (χ0) is 12.8. The van der Waals surface area contributed by atoms with E-state index in [1.54, 1.807) is 6.20 Å². The van der Waals surface area contributed by atoms with Crippen LogP contribution < -0.4 is 4.74 Å². The molecule has 0 amide bonds. The van der Waals surface area contributed by atoms with E-state index in [0.29, 0.717) is 12.5 Å². The highest BCUT2D eigenvalue weighted by Gasteiger charge is 2.19. The van der Waals surface area contributed by atoms with E-state index in [-0.39, 0.29) is 6.10 Å². The van der Waals surface area contributed by atoms with Gasteiger partial charge in [0.1, 0.15) is 6.61 Å². The molecule has 0 saturated heterocycles. The summed E-state index contributed by atoms with van der Waals surface area (Å²) in [4.78, 5) is 0. The van der Waals surface area contributed by atoms with E-state index in [0.717, 1.165) is 25.1 Å². The molecule has 1 atom stereocenters. The molecular formula is C14H24N2O2. The number of ether oxygens (including phenoxy) is 1. The molecule has 4 nitrogen and oxygen atoms in total. The van der Waals surface area contributed by atoms with Crippen LogP contribution in [0.3, 0.4) is 0 Å². The van der Waals surface area contributed by atoms with Crippen molar-refractivity contribution in [2.24, 2.45) is 5.92 Å². The minimum Gasteiger partial charge on any atom is -0.488 e. The van der Waals surface area contributed by atoms with E-state index in [4.69, 9.17) is 4.74 Å². The van der Waals surface area contributed by atoms with Gasteiger partial charge in [0, 0.05) is 6.54 Å². The second-order valence-electron chi connectivity index (χ2n) is 5.29. The zero-order valence-electron chi connectivity index (χ0n) is 11.2. The summed E-state index contributed by atoms with van der Waals surface area (Å²) in [6.07, 6.45) is 10.4. The van der Waals surface area contributed by atoms with Crippen LogP contribution in [0.2, 0.25) is 0 Å². The van der Waals surface area contributed by atoms with Gasteiger partial charge in [0.05, 0.1) is 18.5 Å². The van der Waals surface area contributed by atoms with Gasteiger partial charge < -0.3 is 9.84 Å². The number of hydrogen-bond donors (Lipinski definition) is 1. The fourth-order valence-corrected chi connectivity index (χ4v) is 2.66. The van der Waals surface area contributed by atoms with Crippen LogP contribution in [0.15, 0.2) is 12.4 Å². The quantitative estimate of drug-likeness (QED) is 0.811. The van der Waals surface area contributed by atoms with Gasteiger partial charge in [-0.25, -0.2) is 0 Å². The largest absolute Gasteiger partial charge is 0.488 e. The van der Waals surface area contributed by atoms with Crippen LogP contribution in [0.1, 0.15) is 45.4 Å². The molecule has 0 spiro atoms. The minimum absolute atomic E-state index is 0.345. The molecule has 102 valence electrons. The molecule has 1 aromatic rings. The molecule has 1 heterocycles. The second kappa shape index (κ2) is 6.78. The first-order valence-electron chi connectivity index (χ1n) is 7.11. The molecule has 0 aliphatic heterocycles. The van der Waals surface area contributed by atoms with Crippen molar-refractivity contribution in [2.45, 2.75) is 58.1 Å². The third-order valence-corrected chi connectivity index (χ3v) is 3.58. The summed E-state index contributed by atoms with van der Waals surface area (Å²) in [5.74, 6) is 1.46. The standard InChI is InChI=1S/C14H24N2O2/c1-2-7-16-10-14(9-15-16)18-11-13(17)8-12-5-3-4-6-12/h9-10,12-13,17H,2-8,11H2,1H3. The SMILES string of the molecule is CCCn1cc(OCC(O)CC2CCCC2)cn1. The first-order chi connectivity index (χ1) is 8.78. The maximum atomic E-state index is 9.93. The van der Waals surface area contributed by atoms with Gasteiger partial charge in [-0.05, 0) is 18.8 Å². The average molecular weight is 252 g/mol. The highest BCUT2D eigenvalue weighted by atomic mass is 16.5.